The molecule has 126 valence electrons. The first-order chi connectivity index (χ1) is 11.3. The van der Waals surface area contributed by atoms with E-state index in [2.05, 4.69) is 20.5 Å². The van der Waals surface area contributed by atoms with E-state index in [4.69, 9.17) is 4.74 Å². The van der Waals surface area contributed by atoms with E-state index >= 15 is 0 Å². The standard InChI is InChI=1S/C17H26N4O2/c1-2-23-16-13(6-5-9-18-16)12-19-17(22)20-14-8-11-21-10-4-3-7-15(14)21/h5-6,9,14-15H,2-4,7-8,10-12H2,1H3,(H2,19,20,22)/t14-,15-/m0/s1. The van der Waals surface area contributed by atoms with E-state index in [0.29, 0.717) is 25.1 Å². The van der Waals surface area contributed by atoms with Crippen molar-refractivity contribution in [3.05, 3.63) is 23.9 Å². The third-order valence-corrected chi connectivity index (χ3v) is 4.74. The number of rotatable bonds is 5. The average molecular weight is 318 g/mol. The van der Waals surface area contributed by atoms with Crippen LogP contribution in [0.4, 0.5) is 4.79 Å². The maximum Gasteiger partial charge on any atom is 0.315 e. The van der Waals surface area contributed by atoms with Crippen molar-refractivity contribution in [2.24, 2.45) is 0 Å². The molecule has 1 aromatic rings. The molecule has 2 saturated heterocycles. The molecule has 6 nitrogen and oxygen atoms in total. The number of fused-ring (bicyclic) bond motifs is 1. The van der Waals surface area contributed by atoms with Gasteiger partial charge in [0.25, 0.3) is 0 Å². The third kappa shape index (κ3) is 3.93. The van der Waals surface area contributed by atoms with Crippen molar-refractivity contribution in [1.29, 1.82) is 0 Å². The largest absolute Gasteiger partial charge is 0.478 e. The predicted molar refractivity (Wildman–Crippen MR) is 88.4 cm³/mol. The molecule has 2 aliphatic rings. The van der Waals surface area contributed by atoms with Crippen LogP contribution >= 0.6 is 0 Å². The molecule has 0 unspecified atom stereocenters. The summed E-state index contributed by atoms with van der Waals surface area (Å²) in [5.41, 5.74) is 0.898. The monoisotopic (exact) mass is 318 g/mol. The second-order valence-corrected chi connectivity index (χ2v) is 6.22. The van der Waals surface area contributed by atoms with E-state index < -0.39 is 0 Å². The Morgan fingerprint density at radius 1 is 1.39 bits per heavy atom. The molecule has 6 heteroatoms. The number of ether oxygens (including phenoxy) is 1. The Morgan fingerprint density at radius 3 is 3.17 bits per heavy atom. The number of carbonyl (C=O) groups is 1. The highest BCUT2D eigenvalue weighted by Gasteiger charge is 2.36. The maximum atomic E-state index is 12.2. The van der Waals surface area contributed by atoms with Gasteiger partial charge in [0.05, 0.1) is 6.61 Å². The number of aromatic nitrogens is 1. The van der Waals surface area contributed by atoms with Crippen LogP contribution in [-0.4, -0.2) is 47.7 Å². The van der Waals surface area contributed by atoms with E-state index in [1.807, 2.05) is 19.1 Å². The van der Waals surface area contributed by atoms with E-state index in [0.717, 1.165) is 18.5 Å². The van der Waals surface area contributed by atoms with Crippen molar-refractivity contribution >= 4 is 6.03 Å². The zero-order chi connectivity index (χ0) is 16.1. The fraction of sp³-hybridized carbons (Fsp3) is 0.647. The molecular formula is C17H26N4O2. The second-order valence-electron chi connectivity index (χ2n) is 6.22. The summed E-state index contributed by atoms with van der Waals surface area (Å²) < 4.78 is 5.48. The van der Waals surface area contributed by atoms with E-state index in [9.17, 15) is 4.79 Å². The molecule has 0 saturated carbocycles. The number of hydrogen-bond acceptors (Lipinski definition) is 4. The molecule has 2 atom stereocenters. The molecule has 3 heterocycles. The van der Waals surface area contributed by atoms with E-state index in [1.165, 1.54) is 25.8 Å². The Hall–Kier alpha value is -1.82. The quantitative estimate of drug-likeness (QED) is 0.870. The smallest absolute Gasteiger partial charge is 0.315 e. The van der Waals surface area contributed by atoms with Gasteiger partial charge in [-0.3, -0.25) is 4.90 Å². The molecule has 2 fully saturated rings. The van der Waals surface area contributed by atoms with Crippen molar-refractivity contribution < 1.29 is 9.53 Å². The van der Waals surface area contributed by atoms with E-state index in [1.54, 1.807) is 6.20 Å². The minimum Gasteiger partial charge on any atom is -0.478 e. The number of nitrogens with zero attached hydrogens (tertiary/aromatic N) is 2. The van der Waals surface area contributed by atoms with Crippen molar-refractivity contribution in [1.82, 2.24) is 20.5 Å². The normalized spacial score (nSPS) is 24.0. The molecule has 0 radical (unpaired) electrons. The van der Waals surface area contributed by atoms with Gasteiger partial charge in [-0.15, -0.1) is 0 Å². The summed E-state index contributed by atoms with van der Waals surface area (Å²) in [6.45, 7) is 5.20. The molecule has 3 rings (SSSR count). The summed E-state index contributed by atoms with van der Waals surface area (Å²) >= 11 is 0. The molecule has 0 aliphatic carbocycles. The van der Waals surface area contributed by atoms with Gasteiger partial charge in [0.15, 0.2) is 0 Å². The first-order valence-electron chi connectivity index (χ1n) is 8.63. The molecule has 2 aliphatic heterocycles. The fourth-order valence-electron chi connectivity index (χ4n) is 3.64. The van der Waals surface area contributed by atoms with E-state index in [-0.39, 0.29) is 12.1 Å². The van der Waals surface area contributed by atoms with Gasteiger partial charge in [-0.2, -0.15) is 0 Å². The Bertz CT molecular complexity index is 537. The van der Waals surface area contributed by atoms with Crippen LogP contribution in [0.2, 0.25) is 0 Å². The van der Waals surface area contributed by atoms with Crippen molar-refractivity contribution in [2.45, 2.75) is 51.2 Å². The van der Waals surface area contributed by atoms with Gasteiger partial charge in [-0.05, 0) is 38.8 Å². The summed E-state index contributed by atoms with van der Waals surface area (Å²) in [7, 11) is 0. The maximum absolute atomic E-state index is 12.2. The number of pyridine rings is 1. The van der Waals surface area contributed by atoms with Gasteiger partial charge >= 0.3 is 6.03 Å². The van der Waals surface area contributed by atoms with Gasteiger partial charge in [-0.1, -0.05) is 12.5 Å². The van der Waals surface area contributed by atoms with Crippen LogP contribution in [0.3, 0.4) is 0 Å². The Kier molecular flexibility index (Phi) is 5.33. The number of carbonyl (C=O) groups excluding carboxylic acids is 1. The zero-order valence-corrected chi connectivity index (χ0v) is 13.8. The summed E-state index contributed by atoms with van der Waals surface area (Å²) in [6, 6.07) is 4.47. The van der Waals surface area contributed by atoms with Crippen LogP contribution in [-0.2, 0) is 6.54 Å². The first-order valence-corrected chi connectivity index (χ1v) is 8.63. The van der Waals surface area contributed by atoms with Crippen molar-refractivity contribution in [3.63, 3.8) is 0 Å². The zero-order valence-electron chi connectivity index (χ0n) is 13.8. The average Bonchev–Trinajstić information content (AvgIpc) is 2.98. The Balaban J connectivity index is 1.50. The SMILES string of the molecule is CCOc1ncccc1CNC(=O)N[C@H]1CCN2CCCC[C@@H]12. The first kappa shape index (κ1) is 16.1. The highest BCUT2D eigenvalue weighted by Crippen LogP contribution is 2.27. The van der Waals surface area contributed by atoms with Gasteiger partial charge in [-0.25, -0.2) is 9.78 Å². The molecule has 1 aromatic heterocycles. The fourth-order valence-corrected chi connectivity index (χ4v) is 3.64. The van der Waals surface area contributed by atoms with Crippen LogP contribution < -0.4 is 15.4 Å². The van der Waals surface area contributed by atoms with Crippen molar-refractivity contribution in [2.75, 3.05) is 19.7 Å². The molecule has 2 N–H and O–H groups in total. The molecule has 0 spiro atoms. The second kappa shape index (κ2) is 7.64. The van der Waals surface area contributed by atoms with Crippen LogP contribution in [0.1, 0.15) is 38.2 Å². The molecule has 0 aromatic carbocycles. The van der Waals surface area contributed by atoms with Gasteiger partial charge < -0.3 is 15.4 Å². The third-order valence-electron chi connectivity index (χ3n) is 4.74. The molecule has 2 amide bonds. The van der Waals surface area contributed by atoms with Crippen molar-refractivity contribution in [3.8, 4) is 5.88 Å². The van der Waals surface area contributed by atoms with Gasteiger partial charge in [0, 0.05) is 36.9 Å². The van der Waals surface area contributed by atoms with Crippen LogP contribution in [0, 0.1) is 0 Å². The minimum atomic E-state index is -0.103. The lowest BCUT2D eigenvalue weighted by Gasteiger charge is -2.32. The van der Waals surface area contributed by atoms with Gasteiger partial charge in [0.1, 0.15) is 0 Å². The number of nitrogens with one attached hydrogen (secondary N) is 2. The lowest BCUT2D eigenvalue weighted by Crippen LogP contribution is -2.49. The summed E-state index contributed by atoms with van der Waals surface area (Å²) in [4.78, 5) is 18.9. The molecule has 0 bridgehead atoms. The summed E-state index contributed by atoms with van der Waals surface area (Å²) in [5, 5.41) is 6.08. The Morgan fingerprint density at radius 2 is 2.30 bits per heavy atom. The topological polar surface area (TPSA) is 66.5 Å². The van der Waals surface area contributed by atoms with Gasteiger partial charge in [0.2, 0.25) is 5.88 Å². The highest BCUT2D eigenvalue weighted by molar-refractivity contribution is 5.74. The van der Waals surface area contributed by atoms with Crippen LogP contribution in [0.25, 0.3) is 0 Å². The number of amides is 2. The molecule has 23 heavy (non-hydrogen) atoms. The number of urea groups is 1. The Labute approximate surface area is 137 Å². The van der Waals surface area contributed by atoms with Crippen LogP contribution in [0.15, 0.2) is 18.3 Å². The van der Waals surface area contributed by atoms with Crippen LogP contribution in [0.5, 0.6) is 5.88 Å². The highest BCUT2D eigenvalue weighted by atomic mass is 16.5. The summed E-state index contributed by atoms with van der Waals surface area (Å²) in [5.74, 6) is 0.592. The lowest BCUT2D eigenvalue weighted by molar-refractivity contribution is 0.179. The minimum absolute atomic E-state index is 0.103. The number of hydrogen-bond donors (Lipinski definition) is 2. The summed E-state index contributed by atoms with van der Waals surface area (Å²) in [6.07, 6.45) is 6.51. The predicted octanol–water partition coefficient (Wildman–Crippen LogP) is 1.91. The number of piperidine rings is 1. The lowest BCUT2D eigenvalue weighted by atomic mass is 9.99. The molecular weight excluding hydrogens is 292 g/mol.